The summed E-state index contributed by atoms with van der Waals surface area (Å²) in [6.45, 7) is 4.08. The molecule has 1 heterocycles. The van der Waals surface area contributed by atoms with Crippen LogP contribution in [0.1, 0.15) is 27.7 Å². The highest BCUT2D eigenvalue weighted by atomic mass is 16.7. The molecule has 0 unspecified atom stereocenters. The minimum Gasteiger partial charge on any atom is -0.463 e. The number of hydrogen-bond acceptors (Lipinski definition) is 10. The van der Waals surface area contributed by atoms with Crippen LogP contribution in [0, 0.1) is 0 Å². The number of carbonyl (C=O) groups excluding carboxylic acids is 4. The van der Waals surface area contributed by atoms with Crippen LogP contribution in [0.15, 0.2) is 0 Å². The van der Waals surface area contributed by atoms with Crippen LogP contribution in [-0.4, -0.2) is 66.3 Å². The maximum absolute atomic E-state index is 11.2. The fourth-order valence-corrected chi connectivity index (χ4v) is 2.14. The van der Waals surface area contributed by atoms with Gasteiger partial charge in [-0.3, -0.25) is 19.2 Å². The Morgan fingerprint density at radius 2 is 1.33 bits per heavy atom. The van der Waals surface area contributed by atoms with Crippen molar-refractivity contribution >= 4 is 23.9 Å². The van der Waals surface area contributed by atoms with Gasteiger partial charge in [-0.25, -0.2) is 0 Å². The molecule has 0 spiro atoms. The summed E-state index contributed by atoms with van der Waals surface area (Å²) >= 11 is 0. The minimum atomic E-state index is -1.56. The summed E-state index contributed by atoms with van der Waals surface area (Å²) in [5.74, 6) is -2.87. The average molecular weight is 348 g/mol. The van der Waals surface area contributed by atoms with Crippen LogP contribution in [0.3, 0.4) is 0 Å². The van der Waals surface area contributed by atoms with Crippen LogP contribution < -0.4 is 0 Å². The predicted octanol–water partition coefficient (Wildman–Crippen LogP) is -0.938. The van der Waals surface area contributed by atoms with Crippen molar-refractivity contribution in [3.63, 3.8) is 0 Å². The molecule has 1 saturated heterocycles. The lowest BCUT2D eigenvalue weighted by Gasteiger charge is -2.42. The lowest BCUT2D eigenvalue weighted by molar-refractivity contribution is -0.298. The molecule has 1 N–H and O–H groups in total. The Morgan fingerprint density at radius 1 is 0.833 bits per heavy atom. The molecule has 1 aliphatic heterocycles. The highest BCUT2D eigenvalue weighted by Gasteiger charge is 2.50. The molecule has 0 aliphatic carbocycles. The average Bonchev–Trinajstić information content (AvgIpc) is 2.42. The van der Waals surface area contributed by atoms with Gasteiger partial charge in [-0.15, -0.1) is 0 Å². The van der Waals surface area contributed by atoms with E-state index in [0.717, 1.165) is 27.7 Å². The maximum Gasteiger partial charge on any atom is 0.305 e. The molecule has 5 atom stereocenters. The second-order valence-corrected chi connectivity index (χ2v) is 5.09. The van der Waals surface area contributed by atoms with Crippen molar-refractivity contribution in [3.8, 4) is 0 Å². The monoisotopic (exact) mass is 348 g/mol. The fourth-order valence-electron chi connectivity index (χ4n) is 2.14. The molecule has 0 radical (unpaired) electrons. The summed E-state index contributed by atoms with van der Waals surface area (Å²) in [6.07, 6.45) is -6.84. The summed E-state index contributed by atoms with van der Waals surface area (Å²) < 4.78 is 25.0. The number of rotatable bonds is 5. The molecule has 0 amide bonds. The van der Waals surface area contributed by atoms with Crippen molar-refractivity contribution in [1.29, 1.82) is 0 Å². The van der Waals surface area contributed by atoms with Gasteiger partial charge >= 0.3 is 23.9 Å². The van der Waals surface area contributed by atoms with E-state index in [4.69, 9.17) is 23.7 Å². The maximum atomic E-state index is 11.2. The Bertz CT molecular complexity index is 500. The van der Waals surface area contributed by atoms with Crippen LogP contribution in [0.2, 0.25) is 0 Å². The Morgan fingerprint density at radius 3 is 1.79 bits per heavy atom. The molecule has 10 nitrogen and oxygen atoms in total. The summed E-state index contributed by atoms with van der Waals surface area (Å²) in [6, 6.07) is 0. The molecule has 0 bridgehead atoms. The van der Waals surface area contributed by atoms with Crippen LogP contribution in [0.5, 0.6) is 0 Å². The predicted molar refractivity (Wildman–Crippen MR) is 74.2 cm³/mol. The van der Waals surface area contributed by atoms with E-state index in [1.165, 1.54) is 0 Å². The molecule has 10 heteroatoms. The Labute approximate surface area is 137 Å². The molecular formula is C14H20O10. The second-order valence-electron chi connectivity index (χ2n) is 5.09. The first-order valence-electron chi connectivity index (χ1n) is 7.10. The summed E-state index contributed by atoms with van der Waals surface area (Å²) in [4.78, 5) is 44.6. The molecular weight excluding hydrogens is 328 g/mol. The fraction of sp³-hybridized carbons (Fsp3) is 0.714. The lowest BCUT2D eigenvalue weighted by atomic mass is 9.98. The van der Waals surface area contributed by atoms with Gasteiger partial charge in [0.05, 0.1) is 0 Å². The zero-order valence-corrected chi connectivity index (χ0v) is 13.7. The third kappa shape index (κ3) is 5.78. The highest BCUT2D eigenvalue weighted by Crippen LogP contribution is 2.27. The van der Waals surface area contributed by atoms with Gasteiger partial charge in [0.1, 0.15) is 18.8 Å². The van der Waals surface area contributed by atoms with Crippen molar-refractivity contribution in [3.05, 3.63) is 0 Å². The first kappa shape index (κ1) is 19.8. The van der Waals surface area contributed by atoms with E-state index in [-0.39, 0.29) is 6.61 Å². The third-order valence-corrected chi connectivity index (χ3v) is 2.95. The number of aliphatic hydroxyl groups excluding tert-OH is 1. The molecule has 136 valence electrons. The molecule has 0 aromatic heterocycles. The summed E-state index contributed by atoms with van der Waals surface area (Å²) in [5.41, 5.74) is 0. The van der Waals surface area contributed by atoms with Crippen molar-refractivity contribution in [2.24, 2.45) is 0 Å². The van der Waals surface area contributed by atoms with Gasteiger partial charge in [-0.1, -0.05) is 0 Å². The first-order valence-corrected chi connectivity index (χ1v) is 7.10. The normalized spacial score (nSPS) is 29.3. The van der Waals surface area contributed by atoms with Gasteiger partial charge in [0.25, 0.3) is 0 Å². The van der Waals surface area contributed by atoms with Gasteiger partial charge in [0.15, 0.2) is 12.2 Å². The van der Waals surface area contributed by atoms with Crippen molar-refractivity contribution in [1.82, 2.24) is 0 Å². The van der Waals surface area contributed by atoms with Crippen LogP contribution >= 0.6 is 0 Å². The van der Waals surface area contributed by atoms with E-state index >= 15 is 0 Å². The Kier molecular flexibility index (Phi) is 7.11. The quantitative estimate of drug-likeness (QED) is 0.490. The number of ether oxygens (including phenoxy) is 5. The Hall–Kier alpha value is -2.20. The lowest BCUT2D eigenvalue weighted by Crippen LogP contribution is -2.62. The van der Waals surface area contributed by atoms with Gasteiger partial charge < -0.3 is 28.8 Å². The molecule has 0 aromatic carbocycles. The van der Waals surface area contributed by atoms with Crippen LogP contribution in [0.25, 0.3) is 0 Å². The number of hydrogen-bond donors (Lipinski definition) is 1. The molecule has 1 aliphatic rings. The van der Waals surface area contributed by atoms with Gasteiger partial charge in [-0.2, -0.15) is 0 Å². The van der Waals surface area contributed by atoms with E-state index in [1.807, 2.05) is 0 Å². The highest BCUT2D eigenvalue weighted by molar-refractivity contribution is 5.68. The largest absolute Gasteiger partial charge is 0.463 e. The summed E-state index contributed by atoms with van der Waals surface area (Å²) in [5, 5.41) is 10.4. The van der Waals surface area contributed by atoms with Crippen LogP contribution in [0.4, 0.5) is 0 Å². The molecule has 0 saturated carbocycles. The van der Waals surface area contributed by atoms with Crippen LogP contribution in [-0.2, 0) is 42.9 Å². The zero-order valence-electron chi connectivity index (χ0n) is 13.7. The molecule has 24 heavy (non-hydrogen) atoms. The first-order chi connectivity index (χ1) is 11.1. The topological polar surface area (TPSA) is 135 Å². The second kappa shape index (κ2) is 8.60. The third-order valence-electron chi connectivity index (χ3n) is 2.95. The van der Waals surface area contributed by atoms with Crippen molar-refractivity contribution < 1.29 is 48.0 Å². The molecule has 0 aromatic rings. The number of aliphatic hydroxyl groups is 1. The van der Waals surface area contributed by atoms with E-state index in [2.05, 4.69) is 0 Å². The smallest absolute Gasteiger partial charge is 0.305 e. The van der Waals surface area contributed by atoms with Gasteiger partial charge in [0.2, 0.25) is 6.29 Å². The van der Waals surface area contributed by atoms with Crippen molar-refractivity contribution in [2.75, 3.05) is 6.61 Å². The molecule has 1 fully saturated rings. The van der Waals surface area contributed by atoms with Gasteiger partial charge in [-0.05, 0) is 0 Å². The zero-order chi connectivity index (χ0) is 18.4. The van der Waals surface area contributed by atoms with Crippen molar-refractivity contribution in [2.45, 2.75) is 58.4 Å². The standard InChI is InChI=1S/C14H20O10/c1-6(15)20-5-10-12(21-7(2)16)11(19)13(22-8(3)17)14(24-10)23-9(4)18/h10-14,19H,5H2,1-4H3/t10-,11+,12-,13-,14-/m1/s1. The Balaban J connectivity index is 3.04. The number of esters is 4. The van der Waals surface area contributed by atoms with E-state index in [0.29, 0.717) is 0 Å². The van der Waals surface area contributed by atoms with E-state index in [9.17, 15) is 24.3 Å². The number of carbonyl (C=O) groups is 4. The van der Waals surface area contributed by atoms with E-state index < -0.39 is 54.6 Å². The molecule has 1 rings (SSSR count). The SMILES string of the molecule is CC(=O)OC[C@H]1O[C@@H](OC(C)=O)[C@H](OC(C)=O)[C@@H](O)[C@@H]1OC(C)=O. The van der Waals surface area contributed by atoms with Gasteiger partial charge in [0, 0.05) is 27.7 Å². The van der Waals surface area contributed by atoms with E-state index in [1.54, 1.807) is 0 Å². The minimum absolute atomic E-state index is 0.366. The summed E-state index contributed by atoms with van der Waals surface area (Å²) in [7, 11) is 0.